The number of fused-ring (bicyclic) bond motifs is 1. The van der Waals surface area contributed by atoms with Gasteiger partial charge in [0, 0.05) is 4.88 Å². The van der Waals surface area contributed by atoms with Crippen LogP contribution >= 0.6 is 27.3 Å². The number of hydrogen-bond donors (Lipinski definition) is 0. The second-order valence-corrected chi connectivity index (χ2v) is 5.80. The highest BCUT2D eigenvalue weighted by Gasteiger charge is 2.28. The maximum atomic E-state index is 5.95. The van der Waals surface area contributed by atoms with Gasteiger partial charge >= 0.3 is 0 Å². The van der Waals surface area contributed by atoms with E-state index in [9.17, 15) is 0 Å². The van der Waals surface area contributed by atoms with Gasteiger partial charge in [-0.3, -0.25) is 0 Å². The summed E-state index contributed by atoms with van der Waals surface area (Å²) in [6.07, 6.45) is 0.0172. The van der Waals surface area contributed by atoms with Crippen LogP contribution in [-0.4, -0.2) is 12.7 Å². The second-order valence-electron chi connectivity index (χ2n) is 3.83. The van der Waals surface area contributed by atoms with Gasteiger partial charge in [-0.2, -0.15) is 0 Å². The molecule has 17 heavy (non-hydrogen) atoms. The number of alkyl halides is 1. The van der Waals surface area contributed by atoms with Gasteiger partial charge in [-0.05, 0) is 23.6 Å². The van der Waals surface area contributed by atoms with Crippen molar-refractivity contribution in [3.05, 3.63) is 46.7 Å². The van der Waals surface area contributed by atoms with Gasteiger partial charge in [0.25, 0.3) is 0 Å². The molecule has 0 N–H and O–H groups in total. The van der Waals surface area contributed by atoms with Gasteiger partial charge in [-0.1, -0.05) is 34.1 Å². The number of rotatable bonds is 2. The van der Waals surface area contributed by atoms with E-state index >= 15 is 0 Å². The molecule has 1 aliphatic rings. The Morgan fingerprint density at radius 2 is 2.00 bits per heavy atom. The SMILES string of the molecule is BrC(c1cccs1)C1COc2ccccc2O1. The maximum absolute atomic E-state index is 5.95. The first kappa shape index (κ1) is 11.1. The minimum Gasteiger partial charge on any atom is -0.486 e. The van der Waals surface area contributed by atoms with Crippen LogP contribution in [-0.2, 0) is 0 Å². The van der Waals surface area contributed by atoms with Crippen molar-refractivity contribution in [1.29, 1.82) is 0 Å². The zero-order valence-electron chi connectivity index (χ0n) is 9.01. The fraction of sp³-hybridized carbons (Fsp3) is 0.231. The molecule has 0 aliphatic carbocycles. The van der Waals surface area contributed by atoms with Crippen molar-refractivity contribution in [3.8, 4) is 11.5 Å². The number of ether oxygens (including phenoxy) is 2. The Bertz CT molecular complexity index is 498. The maximum Gasteiger partial charge on any atom is 0.161 e. The average Bonchev–Trinajstić information content (AvgIpc) is 2.91. The molecular formula is C13H11BrO2S. The molecule has 0 spiro atoms. The van der Waals surface area contributed by atoms with Gasteiger partial charge in [-0.15, -0.1) is 11.3 Å². The van der Waals surface area contributed by atoms with E-state index in [1.807, 2.05) is 30.3 Å². The number of halogens is 1. The predicted octanol–water partition coefficient (Wildman–Crippen LogP) is 4.02. The highest BCUT2D eigenvalue weighted by atomic mass is 79.9. The van der Waals surface area contributed by atoms with Gasteiger partial charge in [0.05, 0.1) is 4.83 Å². The van der Waals surface area contributed by atoms with Crippen LogP contribution in [0.3, 0.4) is 0 Å². The molecule has 2 aromatic rings. The van der Waals surface area contributed by atoms with Crippen molar-refractivity contribution in [1.82, 2.24) is 0 Å². The van der Waals surface area contributed by atoms with Gasteiger partial charge in [0.1, 0.15) is 6.61 Å². The number of para-hydroxylation sites is 2. The van der Waals surface area contributed by atoms with Gasteiger partial charge < -0.3 is 9.47 Å². The summed E-state index contributed by atoms with van der Waals surface area (Å²) in [4.78, 5) is 1.44. The molecular weight excluding hydrogens is 300 g/mol. The van der Waals surface area contributed by atoms with E-state index in [1.165, 1.54) is 4.88 Å². The molecule has 0 saturated heterocycles. The number of benzene rings is 1. The minimum atomic E-state index is 0.0172. The molecule has 2 nitrogen and oxygen atoms in total. The molecule has 2 atom stereocenters. The molecule has 0 saturated carbocycles. The van der Waals surface area contributed by atoms with Crippen LogP contribution in [0.2, 0.25) is 0 Å². The Morgan fingerprint density at radius 1 is 1.18 bits per heavy atom. The standard InChI is InChI=1S/C13H11BrO2S/c14-13(12-6-3-7-17-12)11-8-15-9-4-1-2-5-10(9)16-11/h1-7,11,13H,8H2. The van der Waals surface area contributed by atoms with E-state index in [0.717, 1.165) is 11.5 Å². The van der Waals surface area contributed by atoms with Crippen molar-refractivity contribution >= 4 is 27.3 Å². The van der Waals surface area contributed by atoms with E-state index in [2.05, 4.69) is 27.4 Å². The van der Waals surface area contributed by atoms with E-state index in [0.29, 0.717) is 6.61 Å². The zero-order valence-corrected chi connectivity index (χ0v) is 11.4. The summed E-state index contributed by atoms with van der Waals surface area (Å²) in [5.41, 5.74) is 0. The fourth-order valence-electron chi connectivity index (χ4n) is 1.81. The van der Waals surface area contributed by atoms with Crippen LogP contribution < -0.4 is 9.47 Å². The molecule has 0 radical (unpaired) electrons. The lowest BCUT2D eigenvalue weighted by Gasteiger charge is -2.29. The summed E-state index contributed by atoms with van der Waals surface area (Å²) in [6.45, 7) is 0.574. The Labute approximate surface area is 112 Å². The van der Waals surface area contributed by atoms with Gasteiger partial charge in [0.2, 0.25) is 0 Å². The first-order chi connectivity index (χ1) is 8.34. The lowest BCUT2D eigenvalue weighted by Crippen LogP contribution is -2.32. The topological polar surface area (TPSA) is 18.5 Å². The van der Waals surface area contributed by atoms with E-state index < -0.39 is 0 Å². The van der Waals surface area contributed by atoms with Crippen molar-refractivity contribution < 1.29 is 9.47 Å². The highest BCUT2D eigenvalue weighted by Crippen LogP contribution is 2.38. The Kier molecular flexibility index (Phi) is 3.07. The van der Waals surface area contributed by atoms with Crippen LogP contribution in [0.4, 0.5) is 0 Å². The van der Waals surface area contributed by atoms with E-state index in [1.54, 1.807) is 11.3 Å². The quantitative estimate of drug-likeness (QED) is 0.780. The van der Waals surface area contributed by atoms with Crippen LogP contribution in [0.1, 0.15) is 9.70 Å². The fourth-order valence-corrected chi connectivity index (χ4v) is 3.30. The summed E-state index contributed by atoms with van der Waals surface area (Å²) in [5, 5.41) is 2.07. The molecule has 0 amide bonds. The first-order valence-electron chi connectivity index (χ1n) is 5.40. The monoisotopic (exact) mass is 310 g/mol. The summed E-state index contributed by atoms with van der Waals surface area (Å²) < 4.78 is 11.7. The third-order valence-corrected chi connectivity index (χ3v) is 5.01. The van der Waals surface area contributed by atoms with Crippen LogP contribution in [0.25, 0.3) is 0 Å². The van der Waals surface area contributed by atoms with Gasteiger partial charge in [0.15, 0.2) is 17.6 Å². The molecule has 2 unspecified atom stereocenters. The van der Waals surface area contributed by atoms with E-state index in [-0.39, 0.29) is 10.9 Å². The normalized spacial score (nSPS) is 19.9. The highest BCUT2D eigenvalue weighted by molar-refractivity contribution is 9.09. The number of thiophene rings is 1. The number of hydrogen-bond acceptors (Lipinski definition) is 3. The summed E-state index contributed by atoms with van der Waals surface area (Å²) in [5.74, 6) is 1.65. The predicted molar refractivity (Wildman–Crippen MR) is 72.3 cm³/mol. The lowest BCUT2D eigenvalue weighted by atomic mass is 10.2. The second kappa shape index (κ2) is 4.70. The molecule has 88 valence electrons. The molecule has 3 rings (SSSR count). The lowest BCUT2D eigenvalue weighted by molar-refractivity contribution is 0.0910. The van der Waals surface area contributed by atoms with Crippen molar-refractivity contribution in [2.75, 3.05) is 6.61 Å². The third kappa shape index (κ3) is 2.19. The van der Waals surface area contributed by atoms with Crippen LogP contribution in [0.15, 0.2) is 41.8 Å². The Hall–Kier alpha value is -1.00. The third-order valence-electron chi connectivity index (χ3n) is 2.67. The Balaban J connectivity index is 1.80. The van der Waals surface area contributed by atoms with Crippen molar-refractivity contribution in [3.63, 3.8) is 0 Å². The molecule has 1 aromatic heterocycles. The minimum absolute atomic E-state index is 0.0172. The smallest absolute Gasteiger partial charge is 0.161 e. The molecule has 1 aromatic carbocycles. The van der Waals surface area contributed by atoms with Crippen molar-refractivity contribution in [2.24, 2.45) is 0 Å². The molecule has 2 heterocycles. The van der Waals surface area contributed by atoms with Gasteiger partial charge in [-0.25, -0.2) is 0 Å². The summed E-state index contributed by atoms with van der Waals surface area (Å²) >= 11 is 5.41. The zero-order chi connectivity index (χ0) is 11.7. The summed E-state index contributed by atoms with van der Waals surface area (Å²) in [7, 11) is 0. The molecule has 1 aliphatic heterocycles. The average molecular weight is 311 g/mol. The Morgan fingerprint density at radius 3 is 2.76 bits per heavy atom. The molecule has 0 fully saturated rings. The molecule has 0 bridgehead atoms. The van der Waals surface area contributed by atoms with Crippen LogP contribution in [0, 0.1) is 0 Å². The molecule has 4 heteroatoms. The largest absolute Gasteiger partial charge is 0.486 e. The van der Waals surface area contributed by atoms with Crippen LogP contribution in [0.5, 0.6) is 11.5 Å². The van der Waals surface area contributed by atoms with Crippen molar-refractivity contribution in [2.45, 2.75) is 10.9 Å². The first-order valence-corrected chi connectivity index (χ1v) is 7.20. The summed E-state index contributed by atoms with van der Waals surface area (Å²) in [6, 6.07) is 11.9. The van der Waals surface area contributed by atoms with E-state index in [4.69, 9.17) is 9.47 Å².